The molecule has 1 N–H and O–H groups in total. The SMILES string of the molecule is CCOc1cc(C2NC(=S)N(C)C(C)=C2C(=O)c2ccccc2)cc(Cl)c1OC(C)C. The summed E-state index contributed by atoms with van der Waals surface area (Å²) in [6.45, 7) is 8.12. The van der Waals surface area contributed by atoms with Gasteiger partial charge in [0.1, 0.15) is 0 Å². The maximum absolute atomic E-state index is 13.5. The van der Waals surface area contributed by atoms with Crippen molar-refractivity contribution in [2.75, 3.05) is 13.7 Å². The van der Waals surface area contributed by atoms with E-state index in [-0.39, 0.29) is 11.9 Å². The number of hydrogen-bond acceptors (Lipinski definition) is 4. The predicted molar refractivity (Wildman–Crippen MR) is 128 cm³/mol. The zero-order valence-corrected chi connectivity index (χ0v) is 19.9. The summed E-state index contributed by atoms with van der Waals surface area (Å²) in [6.07, 6.45) is -0.0612. The van der Waals surface area contributed by atoms with Gasteiger partial charge in [-0.25, -0.2) is 0 Å². The number of hydrogen-bond donors (Lipinski definition) is 1. The number of halogens is 1. The van der Waals surface area contributed by atoms with E-state index < -0.39 is 6.04 Å². The van der Waals surface area contributed by atoms with Gasteiger partial charge in [0.15, 0.2) is 22.4 Å². The third-order valence-corrected chi connectivity index (χ3v) is 5.73. The van der Waals surface area contributed by atoms with Crippen LogP contribution in [0.2, 0.25) is 5.02 Å². The van der Waals surface area contributed by atoms with E-state index in [1.807, 2.05) is 76.0 Å². The molecule has 0 aromatic heterocycles. The fourth-order valence-electron chi connectivity index (χ4n) is 3.49. The number of nitrogens with zero attached hydrogens (tertiary/aromatic N) is 1. The van der Waals surface area contributed by atoms with E-state index in [0.717, 1.165) is 11.3 Å². The molecule has 1 aliphatic rings. The molecular formula is C24H27ClN2O3S. The Balaban J connectivity index is 2.14. The molecule has 0 saturated carbocycles. The molecule has 0 spiro atoms. The Hall–Kier alpha value is -2.57. The molecule has 3 rings (SSSR count). The van der Waals surface area contributed by atoms with Gasteiger partial charge in [-0.2, -0.15) is 0 Å². The molecule has 31 heavy (non-hydrogen) atoms. The number of Topliss-reactive ketones (excluding diaryl/α,β-unsaturated/α-hetero) is 1. The maximum atomic E-state index is 13.5. The van der Waals surface area contributed by atoms with Gasteiger partial charge in [-0.3, -0.25) is 4.79 Å². The minimum atomic E-state index is -0.471. The number of carbonyl (C=O) groups excluding carboxylic acids is 1. The van der Waals surface area contributed by atoms with Crippen LogP contribution in [0.15, 0.2) is 53.7 Å². The summed E-state index contributed by atoms with van der Waals surface area (Å²) < 4.78 is 11.7. The van der Waals surface area contributed by atoms with Gasteiger partial charge >= 0.3 is 0 Å². The molecule has 2 aromatic rings. The topological polar surface area (TPSA) is 50.8 Å². The number of ketones is 1. The van der Waals surface area contributed by atoms with Gasteiger partial charge in [0.05, 0.1) is 23.8 Å². The fraction of sp³-hybridized carbons (Fsp3) is 0.333. The van der Waals surface area contributed by atoms with E-state index in [0.29, 0.717) is 39.4 Å². The Kier molecular flexibility index (Phi) is 7.23. The Labute approximate surface area is 194 Å². The number of rotatable bonds is 7. The highest BCUT2D eigenvalue weighted by atomic mass is 35.5. The smallest absolute Gasteiger partial charge is 0.193 e. The second-order valence-corrected chi connectivity index (χ2v) is 8.36. The van der Waals surface area contributed by atoms with Crippen molar-refractivity contribution in [3.63, 3.8) is 0 Å². The van der Waals surface area contributed by atoms with Gasteiger partial charge in [0.2, 0.25) is 0 Å². The predicted octanol–water partition coefficient (Wildman–Crippen LogP) is 5.54. The van der Waals surface area contributed by atoms with Gasteiger partial charge in [-0.15, -0.1) is 0 Å². The molecule has 1 atom stereocenters. The molecule has 0 radical (unpaired) electrons. The summed E-state index contributed by atoms with van der Waals surface area (Å²) >= 11 is 12.1. The van der Waals surface area contributed by atoms with Crippen molar-refractivity contribution in [2.24, 2.45) is 0 Å². The number of benzene rings is 2. The molecule has 1 heterocycles. The molecule has 0 saturated heterocycles. The zero-order chi connectivity index (χ0) is 22.7. The highest BCUT2D eigenvalue weighted by Gasteiger charge is 2.34. The number of allylic oxidation sites excluding steroid dienone is 1. The first-order valence-electron chi connectivity index (χ1n) is 10.2. The molecule has 0 fully saturated rings. The van der Waals surface area contributed by atoms with E-state index >= 15 is 0 Å². The van der Waals surface area contributed by atoms with Crippen molar-refractivity contribution >= 4 is 34.7 Å². The first-order valence-corrected chi connectivity index (χ1v) is 11.0. The minimum Gasteiger partial charge on any atom is -0.490 e. The number of nitrogens with one attached hydrogen (secondary N) is 1. The standard InChI is InChI=1S/C24H27ClN2O3S/c1-6-29-19-13-17(12-18(25)23(19)30-14(2)3)21-20(15(4)27(5)24(31)26-21)22(28)16-10-8-7-9-11-16/h7-14,21H,6H2,1-5H3,(H,26,31). The number of thiocarbonyl (C=S) groups is 1. The Morgan fingerprint density at radius 2 is 1.94 bits per heavy atom. The van der Waals surface area contributed by atoms with Gasteiger partial charge in [-0.05, 0) is 57.6 Å². The van der Waals surface area contributed by atoms with Crippen LogP contribution >= 0.6 is 23.8 Å². The second-order valence-electron chi connectivity index (χ2n) is 7.57. The summed E-state index contributed by atoms with van der Waals surface area (Å²) in [5.74, 6) is 0.963. The lowest BCUT2D eigenvalue weighted by Gasteiger charge is -2.36. The van der Waals surface area contributed by atoms with Crippen molar-refractivity contribution < 1.29 is 14.3 Å². The fourth-order valence-corrected chi connectivity index (χ4v) is 4.01. The van der Waals surface area contributed by atoms with E-state index in [2.05, 4.69) is 5.32 Å². The normalized spacial score (nSPS) is 16.4. The first-order chi connectivity index (χ1) is 14.7. The number of carbonyl (C=O) groups is 1. The van der Waals surface area contributed by atoms with Crippen molar-refractivity contribution in [1.82, 2.24) is 10.2 Å². The van der Waals surface area contributed by atoms with Crippen LogP contribution in [0.3, 0.4) is 0 Å². The van der Waals surface area contributed by atoms with Crippen molar-refractivity contribution in [2.45, 2.75) is 39.8 Å². The van der Waals surface area contributed by atoms with Crippen LogP contribution in [0.1, 0.15) is 49.7 Å². The minimum absolute atomic E-state index is 0.0612. The summed E-state index contributed by atoms with van der Waals surface area (Å²) in [4.78, 5) is 15.3. The van der Waals surface area contributed by atoms with Crippen LogP contribution in [0.4, 0.5) is 0 Å². The van der Waals surface area contributed by atoms with Crippen LogP contribution in [0, 0.1) is 0 Å². The molecular weight excluding hydrogens is 432 g/mol. The monoisotopic (exact) mass is 458 g/mol. The van der Waals surface area contributed by atoms with Crippen molar-refractivity contribution in [3.8, 4) is 11.5 Å². The highest BCUT2D eigenvalue weighted by Crippen LogP contribution is 2.41. The van der Waals surface area contributed by atoms with Gasteiger partial charge in [0, 0.05) is 23.9 Å². The third-order valence-electron chi connectivity index (χ3n) is 5.05. The largest absolute Gasteiger partial charge is 0.490 e. The Bertz CT molecular complexity index is 1020. The van der Waals surface area contributed by atoms with Crippen LogP contribution in [0.25, 0.3) is 0 Å². The van der Waals surface area contributed by atoms with Crippen LogP contribution < -0.4 is 14.8 Å². The third kappa shape index (κ3) is 4.86. The lowest BCUT2D eigenvalue weighted by atomic mass is 9.89. The summed E-state index contributed by atoms with van der Waals surface area (Å²) in [6, 6.07) is 12.4. The van der Waals surface area contributed by atoms with Crippen molar-refractivity contribution in [1.29, 1.82) is 0 Å². The molecule has 5 nitrogen and oxygen atoms in total. The summed E-state index contributed by atoms with van der Waals surface area (Å²) in [5, 5.41) is 4.25. The van der Waals surface area contributed by atoms with E-state index in [1.165, 1.54) is 0 Å². The van der Waals surface area contributed by atoms with Gasteiger partial charge < -0.3 is 19.7 Å². The molecule has 0 aliphatic carbocycles. The molecule has 2 aromatic carbocycles. The molecule has 0 bridgehead atoms. The van der Waals surface area contributed by atoms with Crippen LogP contribution in [-0.2, 0) is 0 Å². The molecule has 1 unspecified atom stereocenters. The van der Waals surface area contributed by atoms with E-state index in [4.69, 9.17) is 33.3 Å². The lowest BCUT2D eigenvalue weighted by Crippen LogP contribution is -2.45. The quantitative estimate of drug-likeness (QED) is 0.434. The van der Waals surface area contributed by atoms with Crippen molar-refractivity contribution in [3.05, 3.63) is 69.9 Å². The van der Waals surface area contributed by atoms with Crippen LogP contribution in [-0.4, -0.2) is 35.6 Å². The lowest BCUT2D eigenvalue weighted by molar-refractivity contribution is 0.102. The molecule has 1 aliphatic heterocycles. The average molecular weight is 459 g/mol. The van der Waals surface area contributed by atoms with Gasteiger partial charge in [0.25, 0.3) is 0 Å². The van der Waals surface area contributed by atoms with Gasteiger partial charge in [-0.1, -0.05) is 41.9 Å². The number of ether oxygens (including phenoxy) is 2. The van der Waals surface area contributed by atoms with E-state index in [1.54, 1.807) is 6.07 Å². The average Bonchev–Trinajstić information content (AvgIpc) is 2.74. The molecule has 0 amide bonds. The Morgan fingerprint density at radius 3 is 2.55 bits per heavy atom. The highest BCUT2D eigenvalue weighted by molar-refractivity contribution is 7.80. The molecule has 164 valence electrons. The van der Waals surface area contributed by atoms with Crippen LogP contribution in [0.5, 0.6) is 11.5 Å². The first kappa shape index (κ1) is 23.1. The summed E-state index contributed by atoms with van der Waals surface area (Å²) in [5.41, 5.74) is 2.79. The van der Waals surface area contributed by atoms with E-state index in [9.17, 15) is 4.79 Å². The second kappa shape index (κ2) is 9.71. The summed E-state index contributed by atoms with van der Waals surface area (Å²) in [7, 11) is 1.84. The Morgan fingerprint density at radius 1 is 1.26 bits per heavy atom. The molecule has 7 heteroatoms. The zero-order valence-electron chi connectivity index (χ0n) is 18.4. The maximum Gasteiger partial charge on any atom is 0.193 e.